The van der Waals surface area contributed by atoms with Gasteiger partial charge < -0.3 is 10.0 Å². The molecule has 1 fully saturated rings. The summed E-state index contributed by atoms with van der Waals surface area (Å²) in [6.45, 7) is 7.53. The fourth-order valence-corrected chi connectivity index (χ4v) is 3.10. The van der Waals surface area contributed by atoms with Crippen LogP contribution in [0.5, 0.6) is 0 Å². The molecule has 2 aromatic rings. The molecule has 1 N–H and O–H groups in total. The first-order valence-electron chi connectivity index (χ1n) is 8.17. The summed E-state index contributed by atoms with van der Waals surface area (Å²) in [6, 6.07) is 9.75. The Morgan fingerprint density at radius 3 is 2.50 bits per heavy atom. The normalized spacial score (nSPS) is 16.8. The van der Waals surface area contributed by atoms with Crippen LogP contribution in [0.15, 0.2) is 36.5 Å². The number of carboxylic acid groups (broad SMARTS) is 1. The van der Waals surface area contributed by atoms with E-state index in [4.69, 9.17) is 5.11 Å². The Kier molecular flexibility index (Phi) is 4.76. The molecule has 126 valence electrons. The molecule has 0 radical (unpaired) electrons. The SMILES string of the molecule is Cc1nc(N2CCN(C(C)c3ccccn3)CC2)ccc1C(=O)O. The molecule has 6 nitrogen and oxygen atoms in total. The largest absolute Gasteiger partial charge is 0.478 e. The summed E-state index contributed by atoms with van der Waals surface area (Å²) in [7, 11) is 0. The van der Waals surface area contributed by atoms with Gasteiger partial charge in [-0.3, -0.25) is 9.88 Å². The highest BCUT2D eigenvalue weighted by atomic mass is 16.4. The Morgan fingerprint density at radius 2 is 1.92 bits per heavy atom. The predicted octanol–water partition coefficient (Wildman–Crippen LogP) is 2.37. The lowest BCUT2D eigenvalue weighted by Crippen LogP contribution is -2.47. The summed E-state index contributed by atoms with van der Waals surface area (Å²) in [6.07, 6.45) is 1.83. The molecule has 3 rings (SSSR count). The van der Waals surface area contributed by atoms with Crippen LogP contribution in [0.25, 0.3) is 0 Å². The zero-order chi connectivity index (χ0) is 17.1. The molecule has 1 aliphatic heterocycles. The fraction of sp³-hybridized carbons (Fsp3) is 0.389. The molecule has 24 heavy (non-hydrogen) atoms. The van der Waals surface area contributed by atoms with Crippen molar-refractivity contribution in [2.75, 3.05) is 31.1 Å². The Hall–Kier alpha value is -2.47. The van der Waals surface area contributed by atoms with Gasteiger partial charge in [0.05, 0.1) is 17.0 Å². The number of hydrogen-bond acceptors (Lipinski definition) is 5. The van der Waals surface area contributed by atoms with E-state index in [2.05, 4.69) is 32.8 Å². The molecular weight excluding hydrogens is 304 g/mol. The van der Waals surface area contributed by atoms with E-state index in [1.807, 2.05) is 18.3 Å². The van der Waals surface area contributed by atoms with Crippen LogP contribution in [0.4, 0.5) is 5.82 Å². The van der Waals surface area contributed by atoms with E-state index in [0.717, 1.165) is 37.7 Å². The van der Waals surface area contributed by atoms with Crippen molar-refractivity contribution in [3.05, 3.63) is 53.5 Å². The minimum Gasteiger partial charge on any atom is -0.478 e. The van der Waals surface area contributed by atoms with Crippen LogP contribution in [0.2, 0.25) is 0 Å². The average Bonchev–Trinajstić information content (AvgIpc) is 2.61. The fourth-order valence-electron chi connectivity index (χ4n) is 3.10. The molecule has 2 aromatic heterocycles. The van der Waals surface area contributed by atoms with Crippen molar-refractivity contribution < 1.29 is 9.90 Å². The van der Waals surface area contributed by atoms with E-state index in [0.29, 0.717) is 5.69 Å². The number of carboxylic acids is 1. The van der Waals surface area contributed by atoms with Crippen LogP contribution in [0.1, 0.15) is 34.7 Å². The van der Waals surface area contributed by atoms with Gasteiger partial charge in [-0.1, -0.05) is 6.07 Å². The van der Waals surface area contributed by atoms with Crippen LogP contribution >= 0.6 is 0 Å². The Morgan fingerprint density at radius 1 is 1.17 bits per heavy atom. The molecule has 0 aliphatic carbocycles. The van der Waals surface area contributed by atoms with Gasteiger partial charge in [-0.15, -0.1) is 0 Å². The van der Waals surface area contributed by atoms with Gasteiger partial charge in [0.1, 0.15) is 5.82 Å². The summed E-state index contributed by atoms with van der Waals surface area (Å²) in [5.74, 6) is -0.0804. The molecule has 1 unspecified atom stereocenters. The quantitative estimate of drug-likeness (QED) is 0.930. The number of aryl methyl sites for hydroxylation is 1. The molecule has 1 atom stereocenters. The number of pyridine rings is 2. The number of rotatable bonds is 4. The minimum atomic E-state index is -0.930. The van der Waals surface area contributed by atoms with Crippen molar-refractivity contribution in [1.29, 1.82) is 0 Å². The highest BCUT2D eigenvalue weighted by Gasteiger charge is 2.23. The average molecular weight is 326 g/mol. The van der Waals surface area contributed by atoms with Gasteiger partial charge in [0.15, 0.2) is 0 Å². The number of carbonyl (C=O) groups is 1. The molecule has 0 spiro atoms. The van der Waals surface area contributed by atoms with Gasteiger partial charge in [0.2, 0.25) is 0 Å². The second kappa shape index (κ2) is 6.97. The second-order valence-electron chi connectivity index (χ2n) is 6.06. The van der Waals surface area contributed by atoms with Crippen molar-refractivity contribution >= 4 is 11.8 Å². The van der Waals surface area contributed by atoms with Crippen LogP contribution < -0.4 is 4.90 Å². The van der Waals surface area contributed by atoms with Gasteiger partial charge in [0, 0.05) is 38.4 Å². The highest BCUT2D eigenvalue weighted by Crippen LogP contribution is 2.22. The Balaban J connectivity index is 1.65. The van der Waals surface area contributed by atoms with E-state index in [1.165, 1.54) is 0 Å². The topological polar surface area (TPSA) is 69.6 Å². The van der Waals surface area contributed by atoms with E-state index < -0.39 is 5.97 Å². The molecule has 0 aromatic carbocycles. The number of nitrogens with zero attached hydrogens (tertiary/aromatic N) is 4. The zero-order valence-electron chi connectivity index (χ0n) is 14.0. The van der Waals surface area contributed by atoms with Crippen LogP contribution in [0, 0.1) is 6.92 Å². The minimum absolute atomic E-state index is 0.265. The van der Waals surface area contributed by atoms with E-state index in [9.17, 15) is 4.79 Å². The summed E-state index contributed by atoms with van der Waals surface area (Å²) >= 11 is 0. The van der Waals surface area contributed by atoms with Gasteiger partial charge in [-0.25, -0.2) is 9.78 Å². The number of piperazine rings is 1. The van der Waals surface area contributed by atoms with Crippen molar-refractivity contribution in [2.24, 2.45) is 0 Å². The summed E-state index contributed by atoms with van der Waals surface area (Å²) in [5, 5.41) is 9.10. The smallest absolute Gasteiger partial charge is 0.337 e. The Bertz CT molecular complexity index is 712. The number of anilines is 1. The first kappa shape index (κ1) is 16.4. The third-order valence-corrected chi connectivity index (χ3v) is 4.60. The lowest BCUT2D eigenvalue weighted by Gasteiger charge is -2.38. The summed E-state index contributed by atoms with van der Waals surface area (Å²) < 4.78 is 0. The van der Waals surface area contributed by atoms with Crippen molar-refractivity contribution in [1.82, 2.24) is 14.9 Å². The maximum absolute atomic E-state index is 11.1. The zero-order valence-corrected chi connectivity index (χ0v) is 14.0. The van der Waals surface area contributed by atoms with E-state index in [-0.39, 0.29) is 11.6 Å². The van der Waals surface area contributed by atoms with Crippen LogP contribution in [-0.4, -0.2) is 52.1 Å². The standard InChI is InChI=1S/C18H22N4O2/c1-13-15(18(23)24)6-7-17(20-13)22-11-9-21(10-12-22)14(2)16-5-3-4-8-19-16/h3-8,14H,9-12H2,1-2H3,(H,23,24). The molecule has 6 heteroatoms. The number of aromatic carboxylic acids is 1. The molecule has 0 amide bonds. The van der Waals surface area contributed by atoms with E-state index in [1.54, 1.807) is 19.1 Å². The van der Waals surface area contributed by atoms with Gasteiger partial charge >= 0.3 is 5.97 Å². The molecule has 3 heterocycles. The van der Waals surface area contributed by atoms with Crippen molar-refractivity contribution in [2.45, 2.75) is 19.9 Å². The van der Waals surface area contributed by atoms with E-state index >= 15 is 0 Å². The van der Waals surface area contributed by atoms with Crippen molar-refractivity contribution in [3.63, 3.8) is 0 Å². The molecule has 0 bridgehead atoms. The lowest BCUT2D eigenvalue weighted by atomic mass is 10.1. The lowest BCUT2D eigenvalue weighted by molar-refractivity contribution is 0.0695. The third-order valence-electron chi connectivity index (χ3n) is 4.60. The van der Waals surface area contributed by atoms with Crippen LogP contribution in [0.3, 0.4) is 0 Å². The number of aromatic nitrogens is 2. The highest BCUT2D eigenvalue weighted by molar-refractivity contribution is 5.89. The maximum atomic E-state index is 11.1. The molecule has 1 aliphatic rings. The van der Waals surface area contributed by atoms with Gasteiger partial charge in [-0.05, 0) is 38.1 Å². The Labute approximate surface area is 141 Å². The first-order chi connectivity index (χ1) is 11.6. The monoisotopic (exact) mass is 326 g/mol. The summed E-state index contributed by atoms with van der Waals surface area (Å²) in [4.78, 5) is 24.6. The molecule has 1 saturated heterocycles. The third kappa shape index (κ3) is 3.38. The molecule has 0 saturated carbocycles. The maximum Gasteiger partial charge on any atom is 0.337 e. The molecular formula is C18H22N4O2. The van der Waals surface area contributed by atoms with Gasteiger partial charge in [-0.2, -0.15) is 0 Å². The summed E-state index contributed by atoms with van der Waals surface area (Å²) in [5.41, 5.74) is 1.91. The second-order valence-corrected chi connectivity index (χ2v) is 6.06. The van der Waals surface area contributed by atoms with Crippen molar-refractivity contribution in [3.8, 4) is 0 Å². The first-order valence-corrected chi connectivity index (χ1v) is 8.17. The predicted molar refractivity (Wildman–Crippen MR) is 92.4 cm³/mol. The van der Waals surface area contributed by atoms with Crippen LogP contribution in [-0.2, 0) is 0 Å². The number of hydrogen-bond donors (Lipinski definition) is 1. The van der Waals surface area contributed by atoms with Gasteiger partial charge in [0.25, 0.3) is 0 Å².